The number of aryl methyl sites for hydroxylation is 1. The van der Waals surface area contributed by atoms with E-state index in [-0.39, 0.29) is 11.6 Å². The van der Waals surface area contributed by atoms with Crippen LogP contribution in [-0.4, -0.2) is 28.0 Å². The second-order valence-electron chi connectivity index (χ2n) is 5.57. The van der Waals surface area contributed by atoms with Crippen molar-refractivity contribution in [1.82, 2.24) is 9.97 Å². The van der Waals surface area contributed by atoms with Crippen molar-refractivity contribution < 1.29 is 9.66 Å². The molecule has 120 valence electrons. The summed E-state index contributed by atoms with van der Waals surface area (Å²) < 4.78 is 5.64. The maximum absolute atomic E-state index is 11.5. The number of nitrogens with zero attached hydrogens (tertiary/aromatic N) is 4. The van der Waals surface area contributed by atoms with Crippen LogP contribution in [0.1, 0.15) is 24.8 Å². The molecule has 0 unspecified atom stereocenters. The molecule has 0 radical (unpaired) electrons. The Kier molecular flexibility index (Phi) is 4.36. The molecule has 2 aromatic rings. The topological polar surface area (TPSA) is 81.4 Å². The molecular formula is C16H18N4O3. The Morgan fingerprint density at radius 2 is 1.83 bits per heavy atom. The summed E-state index contributed by atoms with van der Waals surface area (Å²) in [5.74, 6) is 0.836. The fourth-order valence-electron chi connectivity index (χ4n) is 2.64. The standard InChI is InChI=1S/C16H18N4O3/c1-12-5-7-13(8-6-12)23-16-14(20(21)22)15(17-11-18-16)19-9-3-2-4-10-19/h5-8,11H,2-4,9-10H2,1H3. The fraction of sp³-hybridized carbons (Fsp3) is 0.375. The van der Waals surface area contributed by atoms with Crippen molar-refractivity contribution in [3.8, 4) is 11.6 Å². The summed E-state index contributed by atoms with van der Waals surface area (Å²) in [6.07, 6.45) is 4.48. The number of hydrogen-bond donors (Lipinski definition) is 0. The maximum Gasteiger partial charge on any atom is 0.373 e. The molecule has 23 heavy (non-hydrogen) atoms. The minimum Gasteiger partial charge on any atom is -0.434 e. The van der Waals surface area contributed by atoms with Crippen molar-refractivity contribution >= 4 is 11.5 Å². The quantitative estimate of drug-likeness (QED) is 0.635. The van der Waals surface area contributed by atoms with E-state index in [0.29, 0.717) is 11.6 Å². The Hall–Kier alpha value is -2.70. The van der Waals surface area contributed by atoms with Gasteiger partial charge in [0.2, 0.25) is 5.82 Å². The van der Waals surface area contributed by atoms with E-state index in [1.54, 1.807) is 12.1 Å². The van der Waals surface area contributed by atoms with E-state index in [2.05, 4.69) is 9.97 Å². The molecule has 1 aromatic heterocycles. The van der Waals surface area contributed by atoms with Gasteiger partial charge in [0.15, 0.2) is 0 Å². The van der Waals surface area contributed by atoms with Gasteiger partial charge in [-0.15, -0.1) is 0 Å². The van der Waals surface area contributed by atoms with Crippen LogP contribution in [0.2, 0.25) is 0 Å². The molecule has 1 aliphatic heterocycles. The molecule has 1 aliphatic rings. The molecule has 0 aliphatic carbocycles. The van der Waals surface area contributed by atoms with Gasteiger partial charge in [-0.1, -0.05) is 17.7 Å². The van der Waals surface area contributed by atoms with Crippen molar-refractivity contribution in [2.24, 2.45) is 0 Å². The number of piperidine rings is 1. The third-order valence-electron chi connectivity index (χ3n) is 3.84. The number of aromatic nitrogens is 2. The average molecular weight is 314 g/mol. The summed E-state index contributed by atoms with van der Waals surface area (Å²) in [6.45, 7) is 3.50. The lowest BCUT2D eigenvalue weighted by atomic mass is 10.1. The number of benzene rings is 1. The number of hydrogen-bond acceptors (Lipinski definition) is 6. The maximum atomic E-state index is 11.5. The zero-order chi connectivity index (χ0) is 16.2. The largest absolute Gasteiger partial charge is 0.434 e. The summed E-state index contributed by atoms with van der Waals surface area (Å²) in [5.41, 5.74) is 0.915. The molecule has 1 saturated heterocycles. The van der Waals surface area contributed by atoms with Crippen LogP contribution in [0.15, 0.2) is 30.6 Å². The molecular weight excluding hydrogens is 296 g/mol. The summed E-state index contributed by atoms with van der Waals surface area (Å²) in [4.78, 5) is 21.1. The lowest BCUT2D eigenvalue weighted by Crippen LogP contribution is -2.30. The SMILES string of the molecule is Cc1ccc(Oc2ncnc(N3CCCCC3)c2[N+](=O)[O-])cc1. The first-order chi connectivity index (χ1) is 11.1. The van der Waals surface area contributed by atoms with Crippen LogP contribution in [0.3, 0.4) is 0 Å². The van der Waals surface area contributed by atoms with Crippen molar-refractivity contribution in [3.63, 3.8) is 0 Å². The number of anilines is 1. The van der Waals surface area contributed by atoms with Gasteiger partial charge >= 0.3 is 11.6 Å². The van der Waals surface area contributed by atoms with E-state index in [9.17, 15) is 10.1 Å². The third-order valence-corrected chi connectivity index (χ3v) is 3.84. The zero-order valence-corrected chi connectivity index (χ0v) is 12.9. The minimum atomic E-state index is -0.465. The van der Waals surface area contributed by atoms with Crippen molar-refractivity contribution in [2.75, 3.05) is 18.0 Å². The van der Waals surface area contributed by atoms with Crippen molar-refractivity contribution in [2.45, 2.75) is 26.2 Å². The molecule has 0 amide bonds. The number of rotatable bonds is 4. The van der Waals surface area contributed by atoms with Crippen LogP contribution in [0.5, 0.6) is 11.6 Å². The lowest BCUT2D eigenvalue weighted by Gasteiger charge is -2.27. The van der Waals surface area contributed by atoms with Gasteiger partial charge in [0.25, 0.3) is 0 Å². The van der Waals surface area contributed by atoms with Gasteiger partial charge < -0.3 is 9.64 Å². The minimum absolute atomic E-state index is 0.0190. The highest BCUT2D eigenvalue weighted by molar-refractivity contribution is 5.63. The Morgan fingerprint density at radius 1 is 1.13 bits per heavy atom. The molecule has 1 fully saturated rings. The van der Waals surface area contributed by atoms with Gasteiger partial charge in [-0.2, -0.15) is 4.98 Å². The van der Waals surface area contributed by atoms with E-state index in [4.69, 9.17) is 4.74 Å². The van der Waals surface area contributed by atoms with Crippen molar-refractivity contribution in [1.29, 1.82) is 0 Å². The molecule has 7 heteroatoms. The molecule has 0 saturated carbocycles. The van der Waals surface area contributed by atoms with Crippen LogP contribution in [0, 0.1) is 17.0 Å². The predicted octanol–water partition coefficient (Wildman–Crippen LogP) is 3.48. The number of nitro groups is 1. The average Bonchev–Trinajstić information content (AvgIpc) is 2.57. The number of ether oxygens (including phenoxy) is 1. The fourth-order valence-corrected chi connectivity index (χ4v) is 2.64. The molecule has 0 N–H and O–H groups in total. The molecule has 7 nitrogen and oxygen atoms in total. The lowest BCUT2D eigenvalue weighted by molar-refractivity contribution is -0.385. The van der Waals surface area contributed by atoms with E-state index >= 15 is 0 Å². The third kappa shape index (κ3) is 3.39. The summed E-state index contributed by atoms with van der Waals surface area (Å²) >= 11 is 0. The zero-order valence-electron chi connectivity index (χ0n) is 12.9. The summed E-state index contributed by atoms with van der Waals surface area (Å²) in [6, 6.07) is 7.30. The molecule has 0 spiro atoms. The second kappa shape index (κ2) is 6.60. The van der Waals surface area contributed by atoms with Gasteiger partial charge in [0.1, 0.15) is 12.1 Å². The van der Waals surface area contributed by atoms with Gasteiger partial charge in [-0.3, -0.25) is 10.1 Å². The van der Waals surface area contributed by atoms with Crippen LogP contribution >= 0.6 is 0 Å². The van der Waals surface area contributed by atoms with E-state index < -0.39 is 4.92 Å². The highest BCUT2D eigenvalue weighted by atomic mass is 16.6. The van der Waals surface area contributed by atoms with Crippen LogP contribution in [-0.2, 0) is 0 Å². The summed E-state index contributed by atoms with van der Waals surface area (Å²) in [5, 5.41) is 11.5. The van der Waals surface area contributed by atoms with Crippen LogP contribution in [0.25, 0.3) is 0 Å². The van der Waals surface area contributed by atoms with Gasteiger partial charge in [0, 0.05) is 13.1 Å². The van der Waals surface area contributed by atoms with Gasteiger partial charge in [-0.25, -0.2) is 4.98 Å². The first-order valence-corrected chi connectivity index (χ1v) is 7.64. The van der Waals surface area contributed by atoms with Crippen LogP contribution in [0.4, 0.5) is 11.5 Å². The Morgan fingerprint density at radius 3 is 2.48 bits per heavy atom. The van der Waals surface area contributed by atoms with E-state index in [1.807, 2.05) is 24.0 Å². The molecule has 0 bridgehead atoms. The Balaban J connectivity index is 1.95. The first-order valence-electron chi connectivity index (χ1n) is 7.64. The highest BCUT2D eigenvalue weighted by Gasteiger charge is 2.29. The Labute approximate surface area is 134 Å². The van der Waals surface area contributed by atoms with Crippen molar-refractivity contribution in [3.05, 3.63) is 46.3 Å². The molecule has 1 aromatic carbocycles. The Bertz CT molecular complexity index is 697. The monoisotopic (exact) mass is 314 g/mol. The predicted molar refractivity (Wildman–Crippen MR) is 86.0 cm³/mol. The molecule has 3 rings (SSSR count). The van der Waals surface area contributed by atoms with E-state index in [1.165, 1.54) is 6.33 Å². The second-order valence-corrected chi connectivity index (χ2v) is 5.57. The summed E-state index contributed by atoms with van der Waals surface area (Å²) in [7, 11) is 0. The molecule has 0 atom stereocenters. The molecule has 2 heterocycles. The van der Waals surface area contributed by atoms with Gasteiger partial charge in [0.05, 0.1) is 4.92 Å². The normalized spacial score (nSPS) is 14.6. The highest BCUT2D eigenvalue weighted by Crippen LogP contribution is 2.36. The van der Waals surface area contributed by atoms with Crippen LogP contribution < -0.4 is 9.64 Å². The smallest absolute Gasteiger partial charge is 0.373 e. The van der Waals surface area contributed by atoms with E-state index in [0.717, 1.165) is 37.9 Å². The van der Waals surface area contributed by atoms with Gasteiger partial charge in [-0.05, 0) is 38.3 Å². The first kappa shape index (κ1) is 15.2.